The number of halogens is 4. The zero-order valence-electron chi connectivity index (χ0n) is 21.8. The van der Waals surface area contributed by atoms with Crippen molar-refractivity contribution in [2.75, 3.05) is 29.4 Å². The third-order valence-corrected chi connectivity index (χ3v) is 11.3. The number of nitrogens with zero attached hydrogens (tertiary/aromatic N) is 6. The first kappa shape index (κ1) is 27.8. The third-order valence-electron chi connectivity index (χ3n) is 7.53. The van der Waals surface area contributed by atoms with Crippen molar-refractivity contribution >= 4 is 54.2 Å². The van der Waals surface area contributed by atoms with E-state index < -0.39 is 48.3 Å². The van der Waals surface area contributed by atoms with Crippen LogP contribution < -0.4 is 9.80 Å². The Bertz CT molecular complexity index is 1920. The van der Waals surface area contributed by atoms with E-state index in [1.54, 1.807) is 4.90 Å². The van der Waals surface area contributed by atoms with Crippen LogP contribution in [0.25, 0.3) is 10.9 Å². The number of fused-ring (bicyclic) bond motifs is 1. The molecule has 0 bridgehead atoms. The fraction of sp³-hybridized carbons (Fsp3) is 0.360. The van der Waals surface area contributed by atoms with Gasteiger partial charge in [0, 0.05) is 43.1 Å². The molecule has 1 aromatic carbocycles. The summed E-state index contributed by atoms with van der Waals surface area (Å²) in [7, 11) is -8.33. The number of pyridine rings is 1. The molecule has 2 fully saturated rings. The maximum absolute atomic E-state index is 15.5. The fourth-order valence-corrected chi connectivity index (χ4v) is 7.72. The van der Waals surface area contributed by atoms with E-state index in [-0.39, 0.29) is 52.1 Å². The molecule has 3 aromatic heterocycles. The van der Waals surface area contributed by atoms with Gasteiger partial charge in [-0.15, -0.1) is 5.10 Å². The van der Waals surface area contributed by atoms with Crippen LogP contribution in [0.5, 0.6) is 0 Å². The van der Waals surface area contributed by atoms with Crippen molar-refractivity contribution in [2.45, 2.75) is 42.4 Å². The van der Waals surface area contributed by atoms with E-state index in [9.17, 15) is 25.6 Å². The summed E-state index contributed by atoms with van der Waals surface area (Å²) >= 11 is 6.12. The highest BCUT2D eigenvalue weighted by atomic mass is 35.5. The number of benzene rings is 1. The van der Waals surface area contributed by atoms with Crippen LogP contribution in [-0.2, 0) is 20.0 Å². The fourth-order valence-electron chi connectivity index (χ4n) is 5.21. The van der Waals surface area contributed by atoms with E-state index in [0.717, 1.165) is 40.8 Å². The Hall–Kier alpha value is -3.30. The molecule has 0 atom stereocenters. The molecule has 0 unspecified atom stereocenters. The summed E-state index contributed by atoms with van der Waals surface area (Å²) < 4.78 is 97.6. The SMILES string of the molecule is CC(C)S(=O)(=O)n1ccc(S(=O)(=O)n2nc(N3CCN(c4ncc(F)cc4F)CC34CC4)c3c(F)cc(Cl)cc32)c1. The molecule has 4 aromatic rings. The molecule has 4 heterocycles. The van der Waals surface area contributed by atoms with Crippen LogP contribution in [-0.4, -0.2) is 65.4 Å². The topological polar surface area (TPSA) is 110 Å². The van der Waals surface area contributed by atoms with Gasteiger partial charge in [-0.2, -0.15) is 12.5 Å². The molecule has 10 nitrogen and oxygen atoms in total. The van der Waals surface area contributed by atoms with Crippen molar-refractivity contribution in [2.24, 2.45) is 0 Å². The standard InChI is InChI=1S/C25H24ClF3N6O4S2/c1-15(2)40(36,37)33-6-3-18(13-33)41(38,39)35-21-10-16(26)9-19(28)22(21)24(31-35)34-8-7-32(14-25(34)4-5-25)23-20(29)11-17(27)12-30-23/h3,6,9-13,15H,4-5,7-8,14H2,1-2H3. The maximum Gasteiger partial charge on any atom is 0.285 e. The molecular formula is C25H24ClF3N6O4S2. The second kappa shape index (κ2) is 9.36. The minimum atomic E-state index is -4.50. The van der Waals surface area contributed by atoms with Crippen LogP contribution in [0.3, 0.4) is 0 Å². The van der Waals surface area contributed by atoms with Crippen molar-refractivity contribution < 1.29 is 30.0 Å². The van der Waals surface area contributed by atoms with E-state index in [0.29, 0.717) is 16.9 Å². The monoisotopic (exact) mass is 628 g/mol. The van der Waals surface area contributed by atoms with Gasteiger partial charge in [0.2, 0.25) is 10.0 Å². The minimum absolute atomic E-state index is 0.00545. The van der Waals surface area contributed by atoms with Crippen LogP contribution in [0.1, 0.15) is 26.7 Å². The Kier molecular flexibility index (Phi) is 6.36. The van der Waals surface area contributed by atoms with Gasteiger partial charge in [-0.3, -0.25) is 3.97 Å². The van der Waals surface area contributed by atoms with E-state index in [4.69, 9.17) is 11.6 Å². The average Bonchev–Trinajstić information content (AvgIpc) is 3.29. The minimum Gasteiger partial charge on any atom is -0.350 e. The lowest BCUT2D eigenvalue weighted by Gasteiger charge is -2.43. The molecule has 0 radical (unpaired) electrons. The van der Waals surface area contributed by atoms with Crippen LogP contribution in [0.2, 0.25) is 5.02 Å². The molecule has 0 amide bonds. The Labute approximate surface area is 239 Å². The number of aromatic nitrogens is 4. The molecule has 1 aliphatic carbocycles. The molecule has 1 aliphatic heterocycles. The smallest absolute Gasteiger partial charge is 0.285 e. The maximum atomic E-state index is 15.5. The summed E-state index contributed by atoms with van der Waals surface area (Å²) in [6, 6.07) is 4.23. The quantitative estimate of drug-likeness (QED) is 0.315. The van der Waals surface area contributed by atoms with Crippen molar-refractivity contribution in [3.8, 4) is 0 Å². The summed E-state index contributed by atoms with van der Waals surface area (Å²) in [6.07, 6.45) is 4.31. The zero-order valence-corrected chi connectivity index (χ0v) is 24.2. The van der Waals surface area contributed by atoms with Crippen molar-refractivity contribution in [3.63, 3.8) is 0 Å². The summed E-state index contributed by atoms with van der Waals surface area (Å²) in [4.78, 5) is 7.04. The first-order chi connectivity index (χ1) is 19.2. The predicted octanol–water partition coefficient (Wildman–Crippen LogP) is 3.99. The van der Waals surface area contributed by atoms with Gasteiger partial charge in [-0.05, 0) is 44.9 Å². The van der Waals surface area contributed by atoms with E-state index in [2.05, 4.69) is 10.1 Å². The molecule has 1 saturated carbocycles. The van der Waals surface area contributed by atoms with Crippen LogP contribution >= 0.6 is 11.6 Å². The first-order valence-electron chi connectivity index (χ1n) is 12.6. The number of hydrogen-bond acceptors (Lipinski definition) is 8. The van der Waals surface area contributed by atoms with Crippen LogP contribution in [0, 0.1) is 17.5 Å². The Morgan fingerprint density at radius 1 is 1.00 bits per heavy atom. The largest absolute Gasteiger partial charge is 0.350 e. The summed E-state index contributed by atoms with van der Waals surface area (Å²) in [6.45, 7) is 3.65. The second-order valence-corrected chi connectivity index (χ2v) is 15.1. The van der Waals surface area contributed by atoms with E-state index >= 15 is 4.39 Å². The normalized spacial score (nSPS) is 17.2. The molecule has 16 heteroatoms. The third kappa shape index (κ3) is 4.45. The van der Waals surface area contributed by atoms with Crippen LogP contribution in [0.4, 0.5) is 24.8 Å². The summed E-state index contributed by atoms with van der Waals surface area (Å²) in [5.41, 5.74) is -0.730. The molecule has 1 spiro atoms. The molecule has 2 aliphatic rings. The molecule has 1 saturated heterocycles. The van der Waals surface area contributed by atoms with Crippen molar-refractivity contribution in [1.29, 1.82) is 0 Å². The highest BCUT2D eigenvalue weighted by Crippen LogP contribution is 2.49. The Morgan fingerprint density at radius 2 is 1.73 bits per heavy atom. The number of rotatable bonds is 6. The van der Waals surface area contributed by atoms with Gasteiger partial charge in [0.1, 0.15) is 16.5 Å². The second-order valence-electron chi connectivity index (χ2n) is 10.5. The van der Waals surface area contributed by atoms with Gasteiger partial charge in [-0.25, -0.2) is 26.6 Å². The first-order valence-corrected chi connectivity index (χ1v) is 16.0. The lowest BCUT2D eigenvalue weighted by atomic mass is 10.1. The van der Waals surface area contributed by atoms with Crippen molar-refractivity contribution in [1.82, 2.24) is 18.1 Å². The van der Waals surface area contributed by atoms with Gasteiger partial charge >= 0.3 is 0 Å². The van der Waals surface area contributed by atoms with Crippen molar-refractivity contribution in [3.05, 3.63) is 65.3 Å². The number of piperazine rings is 1. The molecule has 6 rings (SSSR count). The lowest BCUT2D eigenvalue weighted by Crippen LogP contribution is -2.56. The summed E-state index contributed by atoms with van der Waals surface area (Å²) in [5.74, 6) is -2.32. The van der Waals surface area contributed by atoms with Gasteiger partial charge in [0.05, 0.1) is 27.9 Å². The Balaban J connectivity index is 1.44. The number of hydrogen-bond donors (Lipinski definition) is 0. The van der Waals surface area contributed by atoms with Gasteiger partial charge < -0.3 is 9.80 Å². The molecule has 0 N–H and O–H groups in total. The van der Waals surface area contributed by atoms with Gasteiger partial charge in [-0.1, -0.05) is 11.6 Å². The highest BCUT2D eigenvalue weighted by molar-refractivity contribution is 7.91. The lowest BCUT2D eigenvalue weighted by molar-refractivity contribution is 0.489. The molecule has 41 heavy (non-hydrogen) atoms. The zero-order chi connectivity index (χ0) is 29.5. The van der Waals surface area contributed by atoms with Crippen LogP contribution in [0.15, 0.2) is 47.8 Å². The average molecular weight is 629 g/mol. The molecule has 218 valence electrons. The van der Waals surface area contributed by atoms with Gasteiger partial charge in [0.25, 0.3) is 10.0 Å². The van der Waals surface area contributed by atoms with Gasteiger partial charge in [0.15, 0.2) is 17.5 Å². The highest BCUT2D eigenvalue weighted by Gasteiger charge is 2.53. The predicted molar refractivity (Wildman–Crippen MR) is 147 cm³/mol. The number of anilines is 2. The molecular weight excluding hydrogens is 605 g/mol. The Morgan fingerprint density at radius 3 is 2.39 bits per heavy atom. The summed E-state index contributed by atoms with van der Waals surface area (Å²) in [5, 5.41) is 3.44. The van der Waals surface area contributed by atoms with E-state index in [1.165, 1.54) is 19.9 Å². The van der Waals surface area contributed by atoms with E-state index in [1.807, 2.05) is 4.90 Å².